The van der Waals surface area contributed by atoms with E-state index >= 15 is 0 Å². The van der Waals surface area contributed by atoms with Gasteiger partial charge >= 0.3 is 0 Å². The van der Waals surface area contributed by atoms with E-state index in [1.807, 2.05) is 13.0 Å². The highest BCUT2D eigenvalue weighted by Crippen LogP contribution is 2.18. The molecule has 1 amide bonds. The number of hydrogen-bond acceptors (Lipinski definition) is 3. The maximum Gasteiger partial charge on any atom is 0.255 e. The molecular formula is C17H15NO3. The Balaban J connectivity index is 2.18. The van der Waals surface area contributed by atoms with Crippen LogP contribution < -0.4 is 5.32 Å². The number of aromatic hydroxyl groups is 1. The molecule has 0 radical (unpaired) electrons. The van der Waals surface area contributed by atoms with Gasteiger partial charge < -0.3 is 15.5 Å². The topological polar surface area (TPSA) is 69.6 Å². The molecule has 0 atom stereocenters. The standard InChI is InChI=1S/C17H15NO3/c1-12-10-13(4-3-9-19)7-8-16(12)18-17(21)14-5-2-6-15(20)11-14/h2,5-8,10-11,19-20H,9H2,1H3,(H,18,21). The third-order valence-corrected chi connectivity index (χ3v) is 2.89. The van der Waals surface area contributed by atoms with Crippen molar-refractivity contribution in [3.8, 4) is 17.6 Å². The number of phenols is 1. The van der Waals surface area contributed by atoms with Crippen LogP contribution in [0.3, 0.4) is 0 Å². The van der Waals surface area contributed by atoms with Gasteiger partial charge in [-0.2, -0.15) is 0 Å². The molecule has 106 valence electrons. The van der Waals surface area contributed by atoms with Crippen molar-refractivity contribution in [1.29, 1.82) is 0 Å². The monoisotopic (exact) mass is 281 g/mol. The van der Waals surface area contributed by atoms with E-state index < -0.39 is 0 Å². The van der Waals surface area contributed by atoms with Crippen molar-refractivity contribution < 1.29 is 15.0 Å². The van der Waals surface area contributed by atoms with E-state index in [0.29, 0.717) is 11.3 Å². The van der Waals surface area contributed by atoms with Crippen LogP contribution in [-0.4, -0.2) is 22.7 Å². The van der Waals surface area contributed by atoms with Gasteiger partial charge in [0.2, 0.25) is 0 Å². The van der Waals surface area contributed by atoms with Gasteiger partial charge in [-0.15, -0.1) is 0 Å². The van der Waals surface area contributed by atoms with Crippen LogP contribution in [0, 0.1) is 18.8 Å². The maximum atomic E-state index is 12.1. The van der Waals surface area contributed by atoms with E-state index in [9.17, 15) is 9.90 Å². The average molecular weight is 281 g/mol. The summed E-state index contributed by atoms with van der Waals surface area (Å²) in [5.74, 6) is 5.14. The Kier molecular flexibility index (Phi) is 4.60. The molecule has 0 aromatic heterocycles. The molecule has 0 aliphatic rings. The number of hydrogen-bond donors (Lipinski definition) is 3. The molecule has 0 fully saturated rings. The van der Waals surface area contributed by atoms with Gasteiger partial charge in [0, 0.05) is 16.8 Å². The smallest absolute Gasteiger partial charge is 0.255 e. The minimum absolute atomic E-state index is 0.0500. The Bertz CT molecular complexity index is 726. The van der Waals surface area contributed by atoms with Crippen LogP contribution >= 0.6 is 0 Å². The van der Waals surface area contributed by atoms with Crippen LogP contribution in [0.1, 0.15) is 21.5 Å². The van der Waals surface area contributed by atoms with Crippen LogP contribution in [0.2, 0.25) is 0 Å². The van der Waals surface area contributed by atoms with Gasteiger partial charge in [0.25, 0.3) is 5.91 Å². The molecule has 0 spiro atoms. The molecule has 2 aromatic rings. The molecule has 0 aliphatic carbocycles. The third-order valence-electron chi connectivity index (χ3n) is 2.89. The van der Waals surface area contributed by atoms with E-state index in [0.717, 1.165) is 11.1 Å². The van der Waals surface area contributed by atoms with E-state index in [-0.39, 0.29) is 18.3 Å². The number of aryl methyl sites for hydroxylation is 1. The van der Waals surface area contributed by atoms with Crippen LogP contribution in [0.25, 0.3) is 0 Å². The lowest BCUT2D eigenvalue weighted by Crippen LogP contribution is -2.12. The molecule has 2 rings (SSSR count). The number of rotatable bonds is 2. The molecule has 0 aliphatic heterocycles. The molecule has 0 saturated heterocycles. The van der Waals surface area contributed by atoms with E-state index in [1.54, 1.807) is 24.3 Å². The molecular weight excluding hydrogens is 266 g/mol. The number of benzene rings is 2. The third kappa shape index (κ3) is 3.85. The minimum Gasteiger partial charge on any atom is -0.508 e. The Hall–Kier alpha value is -2.77. The molecule has 21 heavy (non-hydrogen) atoms. The summed E-state index contributed by atoms with van der Waals surface area (Å²) in [6.07, 6.45) is 0. The first kappa shape index (κ1) is 14.6. The van der Waals surface area contributed by atoms with Crippen LogP contribution in [0.4, 0.5) is 5.69 Å². The Morgan fingerprint density at radius 3 is 2.71 bits per heavy atom. The number of anilines is 1. The van der Waals surface area contributed by atoms with E-state index in [2.05, 4.69) is 17.2 Å². The van der Waals surface area contributed by atoms with Crippen molar-refractivity contribution in [3.05, 3.63) is 59.2 Å². The zero-order chi connectivity index (χ0) is 15.2. The average Bonchev–Trinajstić information content (AvgIpc) is 2.47. The first-order chi connectivity index (χ1) is 10.1. The van der Waals surface area contributed by atoms with E-state index in [1.165, 1.54) is 12.1 Å². The van der Waals surface area contributed by atoms with Gasteiger partial charge in [0.15, 0.2) is 0 Å². The minimum atomic E-state index is -0.289. The summed E-state index contributed by atoms with van der Waals surface area (Å²) in [4.78, 5) is 12.1. The van der Waals surface area contributed by atoms with Crippen molar-refractivity contribution in [2.24, 2.45) is 0 Å². The molecule has 3 N–H and O–H groups in total. The summed E-state index contributed by atoms with van der Waals surface area (Å²) in [5, 5.41) is 20.8. The lowest BCUT2D eigenvalue weighted by atomic mass is 10.1. The number of carbonyl (C=O) groups is 1. The Morgan fingerprint density at radius 2 is 2.05 bits per heavy atom. The highest BCUT2D eigenvalue weighted by Gasteiger charge is 2.08. The number of amides is 1. The van der Waals surface area contributed by atoms with Gasteiger partial charge in [-0.25, -0.2) is 0 Å². The zero-order valence-electron chi connectivity index (χ0n) is 11.6. The first-order valence-electron chi connectivity index (χ1n) is 6.41. The van der Waals surface area contributed by atoms with Gasteiger partial charge in [0.05, 0.1) is 0 Å². The molecule has 0 saturated carbocycles. The number of aliphatic hydroxyl groups excluding tert-OH is 1. The summed E-state index contributed by atoms with van der Waals surface area (Å²) in [6, 6.07) is 11.5. The van der Waals surface area contributed by atoms with Crippen molar-refractivity contribution in [3.63, 3.8) is 0 Å². The summed E-state index contributed by atoms with van der Waals surface area (Å²) in [6.45, 7) is 1.68. The SMILES string of the molecule is Cc1cc(C#CCO)ccc1NC(=O)c1cccc(O)c1. The van der Waals surface area contributed by atoms with E-state index in [4.69, 9.17) is 5.11 Å². The Labute approximate surface area is 123 Å². The van der Waals surface area contributed by atoms with Gasteiger partial charge in [-0.1, -0.05) is 17.9 Å². The highest BCUT2D eigenvalue weighted by molar-refractivity contribution is 6.04. The lowest BCUT2D eigenvalue weighted by Gasteiger charge is -2.09. The zero-order valence-corrected chi connectivity index (χ0v) is 11.6. The van der Waals surface area contributed by atoms with Crippen molar-refractivity contribution in [2.75, 3.05) is 11.9 Å². The molecule has 0 bridgehead atoms. The number of aliphatic hydroxyl groups is 1. The number of carbonyl (C=O) groups excluding carboxylic acids is 1. The van der Waals surface area contributed by atoms with Crippen molar-refractivity contribution in [1.82, 2.24) is 0 Å². The number of nitrogens with one attached hydrogen (secondary N) is 1. The maximum absolute atomic E-state index is 12.1. The molecule has 4 heteroatoms. The predicted molar refractivity (Wildman–Crippen MR) is 81.2 cm³/mol. The fourth-order valence-corrected chi connectivity index (χ4v) is 1.86. The number of phenolic OH excluding ortho intramolecular Hbond substituents is 1. The van der Waals surface area contributed by atoms with Crippen molar-refractivity contribution in [2.45, 2.75) is 6.92 Å². The van der Waals surface area contributed by atoms with Gasteiger partial charge in [0.1, 0.15) is 12.4 Å². The molecule has 0 unspecified atom stereocenters. The van der Waals surface area contributed by atoms with Crippen LogP contribution in [-0.2, 0) is 0 Å². The Morgan fingerprint density at radius 1 is 1.24 bits per heavy atom. The highest BCUT2D eigenvalue weighted by atomic mass is 16.3. The second-order valence-electron chi connectivity index (χ2n) is 4.49. The van der Waals surface area contributed by atoms with Gasteiger partial charge in [-0.05, 0) is 48.9 Å². The first-order valence-corrected chi connectivity index (χ1v) is 6.41. The fraction of sp³-hybridized carbons (Fsp3) is 0.118. The quantitative estimate of drug-likeness (QED) is 0.740. The predicted octanol–water partition coefficient (Wildman–Crippen LogP) is 2.30. The largest absolute Gasteiger partial charge is 0.508 e. The van der Waals surface area contributed by atoms with Crippen LogP contribution in [0.5, 0.6) is 5.75 Å². The summed E-state index contributed by atoms with van der Waals surface area (Å²) < 4.78 is 0. The fourth-order valence-electron chi connectivity index (χ4n) is 1.86. The summed E-state index contributed by atoms with van der Waals surface area (Å²) in [7, 11) is 0. The second kappa shape index (κ2) is 6.60. The molecule has 4 nitrogen and oxygen atoms in total. The molecule has 0 heterocycles. The van der Waals surface area contributed by atoms with Gasteiger partial charge in [-0.3, -0.25) is 4.79 Å². The second-order valence-corrected chi connectivity index (χ2v) is 4.49. The molecule has 2 aromatic carbocycles. The summed E-state index contributed by atoms with van der Waals surface area (Å²) >= 11 is 0. The van der Waals surface area contributed by atoms with Crippen LogP contribution in [0.15, 0.2) is 42.5 Å². The van der Waals surface area contributed by atoms with Crippen molar-refractivity contribution >= 4 is 11.6 Å². The lowest BCUT2D eigenvalue weighted by molar-refractivity contribution is 0.102. The normalized spacial score (nSPS) is 9.62. The summed E-state index contributed by atoms with van der Waals surface area (Å²) in [5.41, 5.74) is 2.71.